The van der Waals surface area contributed by atoms with Crippen molar-refractivity contribution in [3.05, 3.63) is 63.6 Å². The lowest BCUT2D eigenvalue weighted by atomic mass is 10.1. The molecule has 1 atom stereocenters. The zero-order valence-corrected chi connectivity index (χ0v) is 16.7. The lowest BCUT2D eigenvalue weighted by Gasteiger charge is -2.15. The third-order valence-electron chi connectivity index (χ3n) is 5.02. The number of pyridine rings is 1. The number of primary sulfonamides is 1. The van der Waals surface area contributed by atoms with E-state index in [-0.39, 0.29) is 17.0 Å². The maximum Gasteiger partial charge on any atom is 0.261 e. The second-order valence-corrected chi connectivity index (χ2v) is 8.78. The highest BCUT2D eigenvalue weighted by Crippen LogP contribution is 2.16. The Morgan fingerprint density at radius 1 is 1.21 bits per heavy atom. The van der Waals surface area contributed by atoms with Crippen LogP contribution in [0.3, 0.4) is 0 Å². The van der Waals surface area contributed by atoms with Gasteiger partial charge in [-0.15, -0.1) is 0 Å². The van der Waals surface area contributed by atoms with E-state index in [2.05, 4.69) is 15.2 Å². The summed E-state index contributed by atoms with van der Waals surface area (Å²) in [5, 5.41) is 7.71. The fourth-order valence-corrected chi connectivity index (χ4v) is 3.87. The minimum Gasteiger partial charge on any atom is -0.348 e. The summed E-state index contributed by atoms with van der Waals surface area (Å²) in [7, 11) is -3.76. The molecule has 2 heterocycles. The second-order valence-electron chi connectivity index (χ2n) is 7.22. The summed E-state index contributed by atoms with van der Waals surface area (Å²) in [6, 6.07) is 9.10. The first-order chi connectivity index (χ1) is 13.8. The number of nitrogens with two attached hydrogens (primary N) is 2. The van der Waals surface area contributed by atoms with E-state index in [0.717, 1.165) is 25.2 Å². The number of nitrogens with zero attached hydrogens (tertiary/aromatic N) is 1. The number of aromatic nitrogens is 1. The molecule has 1 aliphatic heterocycles. The molecule has 10 heteroatoms. The minimum atomic E-state index is -3.76. The molecule has 1 fully saturated rings. The lowest BCUT2D eigenvalue weighted by molar-refractivity contribution is 0.0949. The van der Waals surface area contributed by atoms with Crippen molar-refractivity contribution in [2.24, 2.45) is 16.8 Å². The average molecular weight is 420 g/mol. The van der Waals surface area contributed by atoms with Crippen LogP contribution in [0.1, 0.15) is 28.0 Å². The Morgan fingerprint density at radius 3 is 2.52 bits per heavy atom. The molecule has 0 aliphatic carbocycles. The highest BCUT2D eigenvalue weighted by molar-refractivity contribution is 7.89. The quantitative estimate of drug-likeness (QED) is 0.485. The number of hydrogen-bond donors (Lipinski definition) is 4. The maximum atomic E-state index is 12.3. The van der Waals surface area contributed by atoms with Crippen LogP contribution in [0.15, 0.2) is 46.1 Å². The van der Waals surface area contributed by atoms with E-state index in [1.54, 1.807) is 18.2 Å². The fraction of sp³-hybridized carbons (Fsp3) is 0.368. The molecule has 1 amide bonds. The van der Waals surface area contributed by atoms with Gasteiger partial charge < -0.3 is 16.0 Å². The van der Waals surface area contributed by atoms with Crippen molar-refractivity contribution in [3.63, 3.8) is 0 Å². The molecule has 2 aromatic rings. The molecular weight excluding hydrogens is 394 g/mol. The van der Waals surface area contributed by atoms with Gasteiger partial charge in [0.1, 0.15) is 5.56 Å². The number of likely N-dealkylation sites (tertiary alicyclic amines) is 1. The van der Waals surface area contributed by atoms with Gasteiger partial charge in [-0.1, -0.05) is 12.1 Å². The van der Waals surface area contributed by atoms with Crippen molar-refractivity contribution in [2.45, 2.75) is 24.4 Å². The predicted molar refractivity (Wildman–Crippen MR) is 108 cm³/mol. The topological polar surface area (TPSA) is 151 Å². The molecule has 0 radical (unpaired) electrons. The van der Waals surface area contributed by atoms with Crippen LogP contribution in [0.5, 0.6) is 0 Å². The third kappa shape index (κ3) is 5.51. The van der Waals surface area contributed by atoms with Crippen LogP contribution >= 0.6 is 0 Å². The van der Waals surface area contributed by atoms with Crippen LogP contribution in [0, 0.1) is 5.92 Å². The number of H-pyrrole nitrogens is 1. The van der Waals surface area contributed by atoms with E-state index in [1.807, 2.05) is 0 Å². The lowest BCUT2D eigenvalue weighted by Crippen LogP contribution is -2.30. The third-order valence-corrected chi connectivity index (χ3v) is 5.95. The standard InChI is InChI=1S/C19H25N5O4S/c20-9-14-7-8-24(11-14)12-15-3-6-17(19(26)23-15)18(25)22-10-13-1-4-16(5-2-13)29(21,27)28/h1-6,14H,7-12,20H2,(H,22,25)(H,23,26)(H2,21,27,28)/t14-/m1/s1. The van der Waals surface area contributed by atoms with Crippen LogP contribution < -0.4 is 21.7 Å². The Morgan fingerprint density at radius 2 is 1.93 bits per heavy atom. The van der Waals surface area contributed by atoms with Crippen LogP contribution in [-0.2, 0) is 23.1 Å². The van der Waals surface area contributed by atoms with E-state index in [9.17, 15) is 18.0 Å². The number of benzene rings is 1. The largest absolute Gasteiger partial charge is 0.348 e. The molecule has 6 N–H and O–H groups in total. The Kier molecular flexibility index (Phi) is 6.48. The van der Waals surface area contributed by atoms with Crippen molar-refractivity contribution < 1.29 is 13.2 Å². The van der Waals surface area contributed by atoms with Gasteiger partial charge in [-0.2, -0.15) is 0 Å². The SMILES string of the molecule is NC[C@H]1CCN(Cc2ccc(C(=O)NCc3ccc(S(N)(=O)=O)cc3)c(=O)[nH]2)C1. The second kappa shape index (κ2) is 8.87. The number of aromatic amines is 1. The van der Waals surface area contributed by atoms with Gasteiger partial charge in [-0.05, 0) is 55.3 Å². The molecule has 0 unspecified atom stereocenters. The average Bonchev–Trinajstić information content (AvgIpc) is 3.13. The zero-order chi connectivity index (χ0) is 21.0. The normalized spacial score (nSPS) is 17.4. The smallest absolute Gasteiger partial charge is 0.261 e. The first-order valence-corrected chi connectivity index (χ1v) is 10.9. The molecule has 1 aliphatic rings. The van der Waals surface area contributed by atoms with Crippen molar-refractivity contribution in [1.29, 1.82) is 0 Å². The van der Waals surface area contributed by atoms with Gasteiger partial charge >= 0.3 is 0 Å². The van der Waals surface area contributed by atoms with Crippen LogP contribution in [-0.4, -0.2) is 43.8 Å². The number of rotatable bonds is 7. The van der Waals surface area contributed by atoms with Gasteiger partial charge in [0, 0.05) is 25.3 Å². The Bertz CT molecular complexity index is 1030. The van der Waals surface area contributed by atoms with Crippen molar-refractivity contribution >= 4 is 15.9 Å². The summed E-state index contributed by atoms with van der Waals surface area (Å²) in [4.78, 5) is 29.6. The highest BCUT2D eigenvalue weighted by Gasteiger charge is 2.21. The molecule has 156 valence electrons. The molecule has 1 aromatic heterocycles. The van der Waals surface area contributed by atoms with Crippen molar-refractivity contribution in [2.75, 3.05) is 19.6 Å². The molecule has 0 spiro atoms. The number of carbonyl (C=O) groups excluding carboxylic acids is 1. The number of carbonyl (C=O) groups is 1. The summed E-state index contributed by atoms with van der Waals surface area (Å²) in [5.41, 5.74) is 6.72. The minimum absolute atomic E-state index is 0.00426. The number of hydrogen-bond acceptors (Lipinski definition) is 6. The number of nitrogens with one attached hydrogen (secondary N) is 2. The molecule has 29 heavy (non-hydrogen) atoms. The summed E-state index contributed by atoms with van der Waals surface area (Å²) < 4.78 is 22.5. The van der Waals surface area contributed by atoms with Crippen LogP contribution in [0.25, 0.3) is 0 Å². The number of amides is 1. The van der Waals surface area contributed by atoms with E-state index in [1.165, 1.54) is 18.2 Å². The molecule has 3 rings (SSSR count). The predicted octanol–water partition coefficient (Wildman–Crippen LogP) is -0.267. The Labute approximate surface area is 169 Å². The molecule has 1 saturated heterocycles. The first-order valence-electron chi connectivity index (χ1n) is 9.31. The summed E-state index contributed by atoms with van der Waals surface area (Å²) >= 11 is 0. The van der Waals surface area contributed by atoms with Crippen molar-refractivity contribution in [1.82, 2.24) is 15.2 Å². The van der Waals surface area contributed by atoms with Gasteiger partial charge in [0.25, 0.3) is 11.5 Å². The molecule has 9 nitrogen and oxygen atoms in total. The molecule has 1 aromatic carbocycles. The molecule has 0 bridgehead atoms. The summed E-state index contributed by atoms with van der Waals surface area (Å²) in [6.07, 6.45) is 1.05. The first kappa shape index (κ1) is 21.2. The van der Waals surface area contributed by atoms with Crippen LogP contribution in [0.4, 0.5) is 0 Å². The molecule has 0 saturated carbocycles. The number of sulfonamides is 1. The van der Waals surface area contributed by atoms with Crippen molar-refractivity contribution in [3.8, 4) is 0 Å². The Hall–Kier alpha value is -2.53. The van der Waals surface area contributed by atoms with Gasteiger partial charge in [-0.3, -0.25) is 14.5 Å². The van der Waals surface area contributed by atoms with E-state index in [4.69, 9.17) is 10.9 Å². The summed E-state index contributed by atoms with van der Waals surface area (Å²) in [5.74, 6) is -0.0107. The van der Waals surface area contributed by atoms with Crippen LogP contribution in [0.2, 0.25) is 0 Å². The zero-order valence-electron chi connectivity index (χ0n) is 15.9. The molecular formula is C19H25N5O4S. The Balaban J connectivity index is 1.59. The summed E-state index contributed by atoms with van der Waals surface area (Å²) in [6.45, 7) is 3.28. The van der Waals surface area contributed by atoms with Gasteiger partial charge in [0.2, 0.25) is 10.0 Å². The fourth-order valence-electron chi connectivity index (χ4n) is 3.35. The van der Waals surface area contributed by atoms with Gasteiger partial charge in [-0.25, -0.2) is 13.6 Å². The maximum absolute atomic E-state index is 12.3. The van der Waals surface area contributed by atoms with E-state index in [0.29, 0.717) is 24.6 Å². The highest BCUT2D eigenvalue weighted by atomic mass is 32.2. The van der Waals surface area contributed by atoms with Gasteiger partial charge in [0.15, 0.2) is 0 Å². The van der Waals surface area contributed by atoms with E-state index < -0.39 is 21.5 Å². The van der Waals surface area contributed by atoms with Gasteiger partial charge in [0.05, 0.1) is 4.90 Å². The van der Waals surface area contributed by atoms with E-state index >= 15 is 0 Å². The monoisotopic (exact) mass is 419 g/mol.